The van der Waals surface area contributed by atoms with Crippen molar-refractivity contribution in [2.24, 2.45) is 5.73 Å². The van der Waals surface area contributed by atoms with Crippen LogP contribution in [-0.4, -0.2) is 28.7 Å². The van der Waals surface area contributed by atoms with Crippen LogP contribution < -0.4 is 11.1 Å². The topological polar surface area (TPSA) is 92.5 Å². The molecule has 120 valence electrons. The number of imide groups is 1. The van der Waals surface area contributed by atoms with E-state index in [0.717, 1.165) is 24.0 Å². The van der Waals surface area contributed by atoms with Crippen molar-refractivity contribution in [3.05, 3.63) is 33.8 Å². The average molecular weight is 334 g/mol. The molecule has 0 spiro atoms. The van der Waals surface area contributed by atoms with Gasteiger partial charge in [-0.2, -0.15) is 0 Å². The van der Waals surface area contributed by atoms with E-state index in [2.05, 4.69) is 5.32 Å². The third kappa shape index (κ3) is 2.24. The van der Waals surface area contributed by atoms with Gasteiger partial charge in [-0.15, -0.1) is 0 Å². The van der Waals surface area contributed by atoms with Gasteiger partial charge >= 0.3 is 0 Å². The second-order valence-electron chi connectivity index (χ2n) is 6.54. The quantitative estimate of drug-likeness (QED) is 0.791. The Kier molecular flexibility index (Phi) is 3.05. The molecule has 1 unspecified atom stereocenters. The minimum Gasteiger partial charge on any atom is -0.322 e. The highest BCUT2D eigenvalue weighted by atomic mass is 35.5. The Labute approximate surface area is 138 Å². The van der Waals surface area contributed by atoms with Crippen molar-refractivity contribution in [2.45, 2.75) is 43.8 Å². The van der Waals surface area contributed by atoms with Gasteiger partial charge in [0.1, 0.15) is 6.04 Å². The lowest BCUT2D eigenvalue weighted by molar-refractivity contribution is -0.136. The third-order valence-corrected chi connectivity index (χ3v) is 5.30. The number of carbonyl (C=O) groups excluding carboxylic acids is 3. The molecule has 1 atom stereocenters. The summed E-state index contributed by atoms with van der Waals surface area (Å²) in [5.41, 5.74) is 7.96. The number of nitrogens with two attached hydrogens (primary N) is 1. The van der Waals surface area contributed by atoms with Crippen LogP contribution in [0.2, 0.25) is 5.02 Å². The number of nitrogens with zero attached hydrogens (tertiary/aromatic N) is 1. The molecule has 2 aliphatic heterocycles. The molecule has 4 rings (SSSR count). The Hall–Kier alpha value is -1.92. The summed E-state index contributed by atoms with van der Waals surface area (Å²) in [6.45, 7) is 0.289. The average Bonchev–Trinajstić information content (AvgIpc) is 3.16. The molecule has 3 aliphatic rings. The molecule has 2 fully saturated rings. The van der Waals surface area contributed by atoms with Gasteiger partial charge in [0.25, 0.3) is 5.91 Å². The molecule has 1 aromatic carbocycles. The molecule has 0 bridgehead atoms. The van der Waals surface area contributed by atoms with Crippen LogP contribution in [0.4, 0.5) is 0 Å². The lowest BCUT2D eigenvalue weighted by Crippen LogP contribution is -2.52. The van der Waals surface area contributed by atoms with Crippen molar-refractivity contribution in [1.82, 2.24) is 10.2 Å². The monoisotopic (exact) mass is 333 g/mol. The number of amides is 3. The molecule has 2 heterocycles. The molecule has 0 aromatic heterocycles. The van der Waals surface area contributed by atoms with Gasteiger partial charge in [-0.3, -0.25) is 19.7 Å². The van der Waals surface area contributed by atoms with E-state index < -0.39 is 11.9 Å². The first-order valence-corrected chi connectivity index (χ1v) is 8.03. The Morgan fingerprint density at radius 1 is 1.26 bits per heavy atom. The lowest BCUT2D eigenvalue weighted by atomic mass is 10.00. The summed E-state index contributed by atoms with van der Waals surface area (Å²) in [5.74, 6) is -0.937. The van der Waals surface area contributed by atoms with E-state index in [9.17, 15) is 14.4 Å². The van der Waals surface area contributed by atoms with Crippen molar-refractivity contribution in [3.63, 3.8) is 0 Å². The summed E-state index contributed by atoms with van der Waals surface area (Å²) in [4.78, 5) is 37.5. The van der Waals surface area contributed by atoms with Crippen molar-refractivity contribution in [3.8, 4) is 0 Å². The molecule has 6 nitrogen and oxygen atoms in total. The van der Waals surface area contributed by atoms with E-state index in [4.69, 9.17) is 17.3 Å². The Bertz CT molecular complexity index is 757. The maximum absolute atomic E-state index is 12.7. The standard InChI is InChI=1S/C16H16ClN3O3/c17-11-6-8(16(18)3-4-16)5-9-10(11)7-20(15(9)23)12-1-2-13(21)19-14(12)22/h5-6,12H,1-4,7,18H2,(H,19,21,22). The first kappa shape index (κ1) is 14.7. The van der Waals surface area contributed by atoms with Crippen molar-refractivity contribution >= 4 is 29.3 Å². The maximum Gasteiger partial charge on any atom is 0.255 e. The molecule has 0 radical (unpaired) electrons. The molecule has 23 heavy (non-hydrogen) atoms. The molecule has 1 saturated carbocycles. The molecule has 7 heteroatoms. The number of hydrogen-bond donors (Lipinski definition) is 2. The fourth-order valence-corrected chi connectivity index (χ4v) is 3.61. The summed E-state index contributed by atoms with van der Waals surface area (Å²) < 4.78 is 0. The number of benzene rings is 1. The van der Waals surface area contributed by atoms with Gasteiger partial charge < -0.3 is 10.6 Å². The number of nitrogens with one attached hydrogen (secondary N) is 1. The number of hydrogen-bond acceptors (Lipinski definition) is 4. The van der Waals surface area contributed by atoms with Gasteiger partial charge in [-0.05, 0) is 37.0 Å². The fraction of sp³-hybridized carbons (Fsp3) is 0.438. The minimum atomic E-state index is -0.625. The second kappa shape index (κ2) is 4.79. The van der Waals surface area contributed by atoms with Crippen LogP contribution >= 0.6 is 11.6 Å². The van der Waals surface area contributed by atoms with Crippen molar-refractivity contribution in [1.29, 1.82) is 0 Å². The number of rotatable bonds is 2. The van der Waals surface area contributed by atoms with Crippen LogP contribution in [0, 0.1) is 0 Å². The Morgan fingerprint density at radius 2 is 2.00 bits per heavy atom. The number of carbonyl (C=O) groups is 3. The van der Waals surface area contributed by atoms with Crippen molar-refractivity contribution < 1.29 is 14.4 Å². The number of piperidine rings is 1. The summed E-state index contributed by atoms with van der Waals surface area (Å²) in [6, 6.07) is 3.01. The minimum absolute atomic E-state index is 0.220. The van der Waals surface area contributed by atoms with Crippen LogP contribution in [0.1, 0.15) is 47.2 Å². The van der Waals surface area contributed by atoms with Gasteiger partial charge in [0.2, 0.25) is 11.8 Å². The van der Waals surface area contributed by atoms with E-state index in [1.807, 2.05) is 12.1 Å². The zero-order valence-electron chi connectivity index (χ0n) is 12.4. The predicted molar refractivity (Wildman–Crippen MR) is 82.6 cm³/mol. The van der Waals surface area contributed by atoms with Crippen LogP contribution in [-0.2, 0) is 21.7 Å². The highest BCUT2D eigenvalue weighted by molar-refractivity contribution is 6.32. The van der Waals surface area contributed by atoms with Gasteiger partial charge in [-0.1, -0.05) is 11.6 Å². The maximum atomic E-state index is 12.7. The lowest BCUT2D eigenvalue weighted by Gasteiger charge is -2.29. The third-order valence-electron chi connectivity index (χ3n) is 4.97. The SMILES string of the molecule is NC1(c2cc(Cl)c3c(c2)C(=O)N(C2CCC(=O)NC2=O)C3)CC1. The van der Waals surface area contributed by atoms with Gasteiger partial charge in [0, 0.05) is 34.7 Å². The Balaban J connectivity index is 1.67. The van der Waals surface area contributed by atoms with Gasteiger partial charge in [-0.25, -0.2) is 0 Å². The normalized spacial score (nSPS) is 25.4. The molecule has 1 aromatic rings. The van der Waals surface area contributed by atoms with E-state index >= 15 is 0 Å². The van der Waals surface area contributed by atoms with Crippen molar-refractivity contribution in [2.75, 3.05) is 0 Å². The first-order valence-electron chi connectivity index (χ1n) is 7.65. The van der Waals surface area contributed by atoms with Gasteiger partial charge in [0.05, 0.1) is 0 Å². The van der Waals surface area contributed by atoms with E-state index in [-0.39, 0.29) is 30.3 Å². The van der Waals surface area contributed by atoms with Crippen LogP contribution in [0.5, 0.6) is 0 Å². The van der Waals surface area contributed by atoms with Crippen LogP contribution in [0.3, 0.4) is 0 Å². The van der Waals surface area contributed by atoms with Crippen LogP contribution in [0.15, 0.2) is 12.1 Å². The van der Waals surface area contributed by atoms with E-state index in [0.29, 0.717) is 17.0 Å². The molecular formula is C16H16ClN3O3. The zero-order chi connectivity index (χ0) is 16.4. The summed E-state index contributed by atoms with van der Waals surface area (Å²) >= 11 is 6.35. The highest BCUT2D eigenvalue weighted by Crippen LogP contribution is 2.45. The summed E-state index contributed by atoms with van der Waals surface area (Å²) in [5, 5.41) is 2.80. The highest BCUT2D eigenvalue weighted by Gasteiger charge is 2.44. The molecule has 1 aliphatic carbocycles. The smallest absolute Gasteiger partial charge is 0.255 e. The van der Waals surface area contributed by atoms with Gasteiger partial charge in [0.15, 0.2) is 0 Å². The number of fused-ring (bicyclic) bond motifs is 1. The van der Waals surface area contributed by atoms with E-state index in [1.54, 1.807) is 0 Å². The predicted octanol–water partition coefficient (Wildman–Crippen LogP) is 1.05. The summed E-state index contributed by atoms with van der Waals surface area (Å²) in [7, 11) is 0. The fourth-order valence-electron chi connectivity index (χ4n) is 3.33. The number of halogens is 1. The second-order valence-corrected chi connectivity index (χ2v) is 6.95. The first-order chi connectivity index (χ1) is 10.9. The Morgan fingerprint density at radius 3 is 2.65 bits per heavy atom. The molecule has 3 N–H and O–H groups in total. The summed E-state index contributed by atoms with van der Waals surface area (Å²) in [6.07, 6.45) is 2.34. The van der Waals surface area contributed by atoms with Crippen LogP contribution in [0.25, 0.3) is 0 Å². The molecule has 1 saturated heterocycles. The zero-order valence-corrected chi connectivity index (χ0v) is 13.2. The van der Waals surface area contributed by atoms with E-state index in [1.165, 1.54) is 4.90 Å². The molecular weight excluding hydrogens is 318 g/mol. The molecule has 3 amide bonds. The largest absolute Gasteiger partial charge is 0.322 e.